The van der Waals surface area contributed by atoms with Gasteiger partial charge < -0.3 is 10.6 Å². The Morgan fingerprint density at radius 2 is 2.11 bits per heavy atom. The van der Waals surface area contributed by atoms with Gasteiger partial charge in [-0.1, -0.05) is 0 Å². The van der Waals surface area contributed by atoms with Gasteiger partial charge in [0.1, 0.15) is 12.1 Å². The molecule has 0 aliphatic heterocycles. The molecule has 0 spiro atoms. The minimum Gasteiger partial charge on any atom is -0.371 e. The zero-order valence-corrected chi connectivity index (χ0v) is 10.1. The van der Waals surface area contributed by atoms with Crippen LogP contribution in [0.1, 0.15) is 19.4 Å². The van der Waals surface area contributed by atoms with Crippen molar-refractivity contribution in [3.05, 3.63) is 29.3 Å². The minimum atomic E-state index is -1.22. The van der Waals surface area contributed by atoms with Crippen molar-refractivity contribution in [1.29, 1.82) is 5.26 Å². The van der Waals surface area contributed by atoms with Crippen LogP contribution in [-0.4, -0.2) is 18.5 Å². The predicted molar refractivity (Wildman–Crippen MR) is 62.8 cm³/mol. The number of hydrogen-bond acceptors (Lipinski definition) is 3. The van der Waals surface area contributed by atoms with Crippen molar-refractivity contribution in [2.75, 3.05) is 11.9 Å². The first-order chi connectivity index (χ1) is 8.51. The fourth-order valence-corrected chi connectivity index (χ4v) is 1.37. The van der Waals surface area contributed by atoms with Crippen LogP contribution in [0.2, 0.25) is 0 Å². The predicted octanol–water partition coefficient (Wildman–Crippen LogP) is 1.77. The molecule has 0 saturated carbocycles. The van der Waals surface area contributed by atoms with Crippen LogP contribution in [0.15, 0.2) is 12.1 Å². The first kappa shape index (κ1) is 13.9. The Bertz CT molecular complexity index is 497. The molecule has 0 bridgehead atoms. The van der Waals surface area contributed by atoms with E-state index in [0.29, 0.717) is 6.54 Å². The molecule has 1 unspecified atom stereocenters. The Morgan fingerprint density at radius 3 is 2.67 bits per heavy atom. The van der Waals surface area contributed by atoms with Gasteiger partial charge in [0.2, 0.25) is 5.91 Å². The molecule has 1 amide bonds. The summed E-state index contributed by atoms with van der Waals surface area (Å²) in [5.74, 6) is -2.70. The lowest BCUT2D eigenvalue weighted by atomic mass is 10.2. The van der Waals surface area contributed by atoms with E-state index in [0.717, 1.165) is 6.07 Å². The molecule has 1 aromatic carbocycles. The fourth-order valence-electron chi connectivity index (χ4n) is 1.37. The summed E-state index contributed by atoms with van der Waals surface area (Å²) in [6.07, 6.45) is 0. The molecule has 1 aromatic rings. The Morgan fingerprint density at radius 1 is 1.44 bits per heavy atom. The van der Waals surface area contributed by atoms with Gasteiger partial charge in [-0.2, -0.15) is 5.26 Å². The molecule has 0 aromatic heterocycles. The monoisotopic (exact) mass is 253 g/mol. The fraction of sp³-hybridized carbons (Fsp3) is 0.333. The van der Waals surface area contributed by atoms with Gasteiger partial charge in [-0.3, -0.25) is 4.79 Å². The largest absolute Gasteiger partial charge is 0.371 e. The molecular weight excluding hydrogens is 240 g/mol. The number of anilines is 1. The van der Waals surface area contributed by atoms with Crippen LogP contribution in [0.3, 0.4) is 0 Å². The molecule has 96 valence electrons. The second kappa shape index (κ2) is 5.96. The minimum absolute atomic E-state index is 0.148. The molecule has 0 radical (unpaired) electrons. The molecule has 6 heteroatoms. The van der Waals surface area contributed by atoms with E-state index in [4.69, 9.17) is 5.26 Å². The first-order valence-corrected chi connectivity index (χ1v) is 5.43. The Kier molecular flexibility index (Phi) is 4.60. The molecule has 1 atom stereocenters. The number of rotatable bonds is 4. The van der Waals surface area contributed by atoms with Crippen LogP contribution in [0.5, 0.6) is 0 Å². The lowest BCUT2D eigenvalue weighted by molar-refractivity contribution is -0.121. The molecule has 0 fully saturated rings. The number of likely N-dealkylation sites (N-methyl/N-ethyl adjacent to an activating group) is 1. The summed E-state index contributed by atoms with van der Waals surface area (Å²) in [6, 6.07) is 3.22. The zero-order valence-electron chi connectivity index (χ0n) is 10.1. The van der Waals surface area contributed by atoms with Crippen LogP contribution in [0.25, 0.3) is 0 Å². The second-order valence-corrected chi connectivity index (χ2v) is 3.66. The second-order valence-electron chi connectivity index (χ2n) is 3.66. The summed E-state index contributed by atoms with van der Waals surface area (Å²) in [5.41, 5.74) is -0.519. The zero-order chi connectivity index (χ0) is 13.7. The molecule has 18 heavy (non-hydrogen) atoms. The summed E-state index contributed by atoms with van der Waals surface area (Å²) in [6.45, 7) is 3.74. The molecule has 4 nitrogen and oxygen atoms in total. The van der Waals surface area contributed by atoms with E-state index in [1.807, 2.05) is 0 Å². The lowest BCUT2D eigenvalue weighted by Gasteiger charge is -2.15. The van der Waals surface area contributed by atoms with Gasteiger partial charge in [0, 0.05) is 6.54 Å². The third-order valence-corrected chi connectivity index (χ3v) is 2.32. The third kappa shape index (κ3) is 2.94. The number of nitrogens with zero attached hydrogens (tertiary/aromatic N) is 1. The maximum Gasteiger partial charge on any atom is 0.242 e. The number of nitrogens with one attached hydrogen (secondary N) is 2. The van der Waals surface area contributed by atoms with Crippen molar-refractivity contribution in [1.82, 2.24) is 5.32 Å². The van der Waals surface area contributed by atoms with Gasteiger partial charge >= 0.3 is 0 Å². The maximum atomic E-state index is 13.5. The summed E-state index contributed by atoms with van der Waals surface area (Å²) in [7, 11) is 0. The summed E-state index contributed by atoms with van der Waals surface area (Å²) < 4.78 is 26.9. The maximum absolute atomic E-state index is 13.5. The highest BCUT2D eigenvalue weighted by molar-refractivity contribution is 5.84. The number of carbonyl (C=O) groups excluding carboxylic acids is 1. The number of amides is 1. The quantitative estimate of drug-likeness (QED) is 0.859. The average Bonchev–Trinajstić information content (AvgIpc) is 2.35. The number of benzene rings is 1. The van der Waals surface area contributed by atoms with Gasteiger partial charge in [-0.05, 0) is 26.0 Å². The number of carbonyl (C=O) groups is 1. The first-order valence-electron chi connectivity index (χ1n) is 5.43. The standard InChI is InChI=1S/C12H13F2N3O/c1-3-16-12(18)7(2)17-9-5-4-8(6-15)10(13)11(9)14/h4-5,7,17H,3H2,1-2H3,(H,16,18). The van der Waals surface area contributed by atoms with E-state index in [1.54, 1.807) is 6.92 Å². The van der Waals surface area contributed by atoms with Crippen molar-refractivity contribution < 1.29 is 13.6 Å². The lowest BCUT2D eigenvalue weighted by Crippen LogP contribution is -2.37. The molecular formula is C12H13F2N3O. The van der Waals surface area contributed by atoms with E-state index < -0.39 is 17.7 Å². The summed E-state index contributed by atoms with van der Waals surface area (Å²) >= 11 is 0. The molecule has 2 N–H and O–H groups in total. The smallest absolute Gasteiger partial charge is 0.242 e. The average molecular weight is 253 g/mol. The van der Waals surface area contributed by atoms with Crippen LogP contribution >= 0.6 is 0 Å². The molecule has 0 aliphatic rings. The summed E-state index contributed by atoms with van der Waals surface area (Å²) in [5, 5.41) is 13.6. The summed E-state index contributed by atoms with van der Waals surface area (Å²) in [4.78, 5) is 11.4. The van der Waals surface area contributed by atoms with Gasteiger partial charge in [-0.25, -0.2) is 8.78 Å². The highest BCUT2D eigenvalue weighted by Crippen LogP contribution is 2.20. The normalized spacial score (nSPS) is 11.5. The van der Waals surface area contributed by atoms with Crippen molar-refractivity contribution >= 4 is 11.6 Å². The van der Waals surface area contributed by atoms with E-state index >= 15 is 0 Å². The Hall–Kier alpha value is -2.16. The van der Waals surface area contributed by atoms with Crippen molar-refractivity contribution in [3.63, 3.8) is 0 Å². The van der Waals surface area contributed by atoms with Crippen molar-refractivity contribution in [2.45, 2.75) is 19.9 Å². The van der Waals surface area contributed by atoms with Crippen LogP contribution in [-0.2, 0) is 4.79 Å². The van der Waals surface area contributed by atoms with E-state index in [1.165, 1.54) is 19.1 Å². The number of halogens is 2. The number of hydrogen-bond donors (Lipinski definition) is 2. The van der Waals surface area contributed by atoms with Crippen molar-refractivity contribution in [3.8, 4) is 6.07 Å². The Balaban J connectivity index is 2.90. The third-order valence-electron chi connectivity index (χ3n) is 2.32. The Labute approximate surface area is 104 Å². The highest BCUT2D eigenvalue weighted by atomic mass is 19.2. The van der Waals surface area contributed by atoms with Crippen LogP contribution in [0, 0.1) is 23.0 Å². The molecule has 0 heterocycles. The van der Waals surface area contributed by atoms with E-state index in [-0.39, 0.29) is 17.2 Å². The van der Waals surface area contributed by atoms with Gasteiger partial charge in [0.05, 0.1) is 11.3 Å². The molecule has 0 saturated heterocycles. The highest BCUT2D eigenvalue weighted by Gasteiger charge is 2.17. The number of nitriles is 1. The van der Waals surface area contributed by atoms with E-state index in [9.17, 15) is 13.6 Å². The van der Waals surface area contributed by atoms with Gasteiger partial charge in [0.15, 0.2) is 11.6 Å². The van der Waals surface area contributed by atoms with E-state index in [2.05, 4.69) is 10.6 Å². The van der Waals surface area contributed by atoms with Crippen LogP contribution in [0.4, 0.5) is 14.5 Å². The molecule has 0 aliphatic carbocycles. The molecule has 1 rings (SSSR count). The SMILES string of the molecule is CCNC(=O)C(C)Nc1ccc(C#N)c(F)c1F. The van der Waals surface area contributed by atoms with Crippen LogP contribution < -0.4 is 10.6 Å². The van der Waals surface area contributed by atoms with Gasteiger partial charge in [-0.15, -0.1) is 0 Å². The van der Waals surface area contributed by atoms with Gasteiger partial charge in [0.25, 0.3) is 0 Å². The van der Waals surface area contributed by atoms with Crippen molar-refractivity contribution in [2.24, 2.45) is 0 Å². The topological polar surface area (TPSA) is 64.9 Å².